The number of amides is 1. The van der Waals surface area contributed by atoms with E-state index < -0.39 is 17.6 Å². The minimum atomic E-state index is -4.42. The van der Waals surface area contributed by atoms with Gasteiger partial charge in [-0.2, -0.15) is 13.2 Å². The first kappa shape index (κ1) is 19.3. The van der Waals surface area contributed by atoms with Crippen molar-refractivity contribution < 1.29 is 18.0 Å². The number of hydrogen-bond donors (Lipinski definition) is 2. The molecule has 0 radical (unpaired) electrons. The predicted octanol–water partition coefficient (Wildman–Crippen LogP) is 4.67. The van der Waals surface area contributed by atoms with Crippen molar-refractivity contribution >= 4 is 17.5 Å². The summed E-state index contributed by atoms with van der Waals surface area (Å²) < 4.78 is 37.7. The lowest BCUT2D eigenvalue weighted by Gasteiger charge is -2.09. The van der Waals surface area contributed by atoms with Gasteiger partial charge in [-0.3, -0.25) is 4.79 Å². The fourth-order valence-corrected chi connectivity index (χ4v) is 2.49. The van der Waals surface area contributed by atoms with Crippen molar-refractivity contribution in [2.24, 2.45) is 0 Å². The highest BCUT2D eigenvalue weighted by Gasteiger charge is 2.30. The number of nitrogens with zero attached hydrogens (tertiary/aromatic N) is 2. The van der Waals surface area contributed by atoms with Gasteiger partial charge in [-0.25, -0.2) is 9.97 Å². The molecular formula is C20H17F3N4O. The van der Waals surface area contributed by atoms with Crippen LogP contribution in [0.5, 0.6) is 0 Å². The van der Waals surface area contributed by atoms with Crippen molar-refractivity contribution in [1.29, 1.82) is 0 Å². The van der Waals surface area contributed by atoms with Crippen LogP contribution in [0.15, 0.2) is 60.9 Å². The summed E-state index contributed by atoms with van der Waals surface area (Å²) in [6.45, 7) is 2.54. The maximum atomic E-state index is 12.6. The molecule has 0 atom stereocenters. The first-order valence-electron chi connectivity index (χ1n) is 8.41. The molecule has 0 saturated heterocycles. The Balaban J connectivity index is 1.59. The second-order valence-corrected chi connectivity index (χ2v) is 6.17. The van der Waals surface area contributed by atoms with Crippen LogP contribution in [0.3, 0.4) is 0 Å². The summed E-state index contributed by atoms with van der Waals surface area (Å²) in [4.78, 5) is 20.4. The molecule has 144 valence electrons. The molecule has 2 N–H and O–H groups in total. The van der Waals surface area contributed by atoms with Gasteiger partial charge in [0.15, 0.2) is 0 Å². The van der Waals surface area contributed by atoms with Gasteiger partial charge >= 0.3 is 6.18 Å². The zero-order valence-electron chi connectivity index (χ0n) is 14.9. The number of aryl methyl sites for hydroxylation is 1. The largest absolute Gasteiger partial charge is 0.416 e. The van der Waals surface area contributed by atoms with Gasteiger partial charge < -0.3 is 10.6 Å². The molecular weight excluding hydrogens is 369 g/mol. The number of aromatic nitrogens is 2. The summed E-state index contributed by atoms with van der Waals surface area (Å²) in [5.74, 6) is -0.141. The Bertz CT molecular complexity index is 954. The van der Waals surface area contributed by atoms with E-state index in [0.717, 1.165) is 23.3 Å². The zero-order valence-corrected chi connectivity index (χ0v) is 14.9. The molecule has 0 aliphatic carbocycles. The van der Waals surface area contributed by atoms with Gasteiger partial charge in [0.1, 0.15) is 0 Å². The van der Waals surface area contributed by atoms with Gasteiger partial charge in [0.25, 0.3) is 5.91 Å². The van der Waals surface area contributed by atoms with Crippen LogP contribution in [0.1, 0.15) is 27.0 Å². The molecule has 0 fully saturated rings. The van der Waals surface area contributed by atoms with Crippen molar-refractivity contribution in [3.05, 3.63) is 83.2 Å². The minimum absolute atomic E-state index is 0.195. The Labute approximate surface area is 159 Å². The van der Waals surface area contributed by atoms with Crippen molar-refractivity contribution in [3.8, 4) is 0 Å². The van der Waals surface area contributed by atoms with Crippen LogP contribution in [0.25, 0.3) is 0 Å². The van der Waals surface area contributed by atoms with Gasteiger partial charge in [0.05, 0.1) is 11.1 Å². The molecule has 0 spiro atoms. The molecule has 5 nitrogen and oxygen atoms in total. The number of carbonyl (C=O) groups excluding carboxylic acids is 1. The van der Waals surface area contributed by atoms with Crippen LogP contribution in [-0.2, 0) is 12.7 Å². The van der Waals surface area contributed by atoms with Crippen molar-refractivity contribution in [2.45, 2.75) is 19.6 Å². The fraction of sp³-hybridized carbons (Fsp3) is 0.150. The number of carbonyl (C=O) groups is 1. The van der Waals surface area contributed by atoms with Crippen molar-refractivity contribution in [3.63, 3.8) is 0 Å². The number of alkyl halides is 3. The van der Waals surface area contributed by atoms with Gasteiger partial charge in [0.2, 0.25) is 5.95 Å². The van der Waals surface area contributed by atoms with Gasteiger partial charge in [-0.1, -0.05) is 29.8 Å². The van der Waals surface area contributed by atoms with Crippen LogP contribution in [0.2, 0.25) is 0 Å². The van der Waals surface area contributed by atoms with Crippen LogP contribution in [0.4, 0.5) is 24.8 Å². The minimum Gasteiger partial charge on any atom is -0.350 e. The Morgan fingerprint density at radius 2 is 1.71 bits per heavy atom. The molecule has 1 aromatic heterocycles. The molecule has 8 heteroatoms. The monoisotopic (exact) mass is 386 g/mol. The number of rotatable bonds is 5. The van der Waals surface area contributed by atoms with E-state index in [0.29, 0.717) is 12.5 Å². The molecule has 3 aromatic rings. The normalized spacial score (nSPS) is 11.1. The van der Waals surface area contributed by atoms with Crippen molar-refractivity contribution in [2.75, 3.05) is 10.6 Å². The standard InChI is InChI=1S/C20H17F3N4O/c1-13-3-2-4-14(9-13)10-24-19-25-11-15(12-26-19)18(28)27-17-7-5-16(6-8-17)20(21,22)23/h2-9,11-12H,10H2,1H3,(H,27,28)(H,24,25,26). The highest BCUT2D eigenvalue weighted by molar-refractivity contribution is 6.03. The third-order valence-corrected chi connectivity index (χ3v) is 3.92. The summed E-state index contributed by atoms with van der Waals surface area (Å²) in [5.41, 5.74) is 1.89. The fourth-order valence-electron chi connectivity index (χ4n) is 2.49. The number of nitrogens with one attached hydrogen (secondary N) is 2. The summed E-state index contributed by atoms with van der Waals surface area (Å²) in [6, 6.07) is 12.2. The molecule has 0 aliphatic heterocycles. The number of hydrogen-bond acceptors (Lipinski definition) is 4. The van der Waals surface area contributed by atoms with E-state index in [1.807, 2.05) is 31.2 Å². The average molecular weight is 386 g/mol. The maximum absolute atomic E-state index is 12.6. The Hall–Kier alpha value is -3.42. The van der Waals surface area contributed by atoms with E-state index in [-0.39, 0.29) is 11.3 Å². The van der Waals surface area contributed by atoms with Crippen LogP contribution < -0.4 is 10.6 Å². The van der Waals surface area contributed by atoms with E-state index in [4.69, 9.17) is 0 Å². The highest BCUT2D eigenvalue weighted by Crippen LogP contribution is 2.29. The molecule has 2 aromatic carbocycles. The molecule has 0 unspecified atom stereocenters. The first-order chi connectivity index (χ1) is 13.3. The van der Waals surface area contributed by atoms with Crippen molar-refractivity contribution in [1.82, 2.24) is 9.97 Å². The molecule has 1 heterocycles. The van der Waals surface area contributed by atoms with Gasteiger partial charge in [-0.05, 0) is 36.8 Å². The highest BCUT2D eigenvalue weighted by atomic mass is 19.4. The Kier molecular flexibility index (Phi) is 5.58. The van der Waals surface area contributed by atoms with Crippen LogP contribution in [-0.4, -0.2) is 15.9 Å². The number of anilines is 2. The van der Waals surface area contributed by atoms with E-state index >= 15 is 0 Å². The van der Waals surface area contributed by atoms with Crippen LogP contribution >= 0.6 is 0 Å². The van der Waals surface area contributed by atoms with E-state index in [2.05, 4.69) is 20.6 Å². The lowest BCUT2D eigenvalue weighted by Crippen LogP contribution is -2.14. The van der Waals surface area contributed by atoms with E-state index in [1.165, 1.54) is 24.5 Å². The smallest absolute Gasteiger partial charge is 0.350 e. The molecule has 3 rings (SSSR count). The summed E-state index contributed by atoms with van der Waals surface area (Å²) in [7, 11) is 0. The van der Waals surface area contributed by atoms with Gasteiger partial charge in [-0.15, -0.1) is 0 Å². The molecule has 0 bridgehead atoms. The van der Waals surface area contributed by atoms with E-state index in [9.17, 15) is 18.0 Å². The first-order valence-corrected chi connectivity index (χ1v) is 8.41. The molecule has 0 aliphatic rings. The Morgan fingerprint density at radius 1 is 1.04 bits per heavy atom. The molecule has 28 heavy (non-hydrogen) atoms. The number of benzene rings is 2. The SMILES string of the molecule is Cc1cccc(CNc2ncc(C(=O)Nc3ccc(C(F)(F)F)cc3)cn2)c1. The third kappa shape index (κ3) is 5.06. The zero-order chi connectivity index (χ0) is 20.1. The predicted molar refractivity (Wildman–Crippen MR) is 99.9 cm³/mol. The lowest BCUT2D eigenvalue weighted by molar-refractivity contribution is -0.137. The average Bonchev–Trinajstić information content (AvgIpc) is 2.66. The second kappa shape index (κ2) is 8.08. The summed E-state index contributed by atoms with van der Waals surface area (Å²) >= 11 is 0. The Morgan fingerprint density at radius 3 is 2.32 bits per heavy atom. The second-order valence-electron chi connectivity index (χ2n) is 6.17. The van der Waals surface area contributed by atoms with Gasteiger partial charge in [0, 0.05) is 24.6 Å². The van der Waals surface area contributed by atoms with E-state index in [1.54, 1.807) is 0 Å². The number of halogens is 3. The summed E-state index contributed by atoms with van der Waals surface area (Å²) in [6.07, 6.45) is -1.71. The summed E-state index contributed by atoms with van der Waals surface area (Å²) in [5, 5.41) is 5.58. The molecule has 1 amide bonds. The lowest BCUT2D eigenvalue weighted by atomic mass is 10.1. The quantitative estimate of drug-likeness (QED) is 0.669. The topological polar surface area (TPSA) is 66.9 Å². The van der Waals surface area contributed by atoms with Crippen LogP contribution in [0, 0.1) is 6.92 Å². The third-order valence-electron chi connectivity index (χ3n) is 3.92. The molecule has 0 saturated carbocycles. The maximum Gasteiger partial charge on any atom is 0.416 e.